The molecule has 96 valence electrons. The number of imidazole rings is 1. The van der Waals surface area contributed by atoms with Gasteiger partial charge in [0.05, 0.1) is 17.4 Å². The summed E-state index contributed by atoms with van der Waals surface area (Å²) >= 11 is 0. The van der Waals surface area contributed by atoms with E-state index in [4.69, 9.17) is 5.73 Å². The summed E-state index contributed by atoms with van der Waals surface area (Å²) in [6.07, 6.45) is 4.31. The first-order chi connectivity index (χ1) is 8.71. The number of hydrogen-bond acceptors (Lipinski definition) is 3. The fourth-order valence-electron chi connectivity index (χ4n) is 2.62. The SMILES string of the molecule is CN(Cc1ccc2nc[nH]c2c1)CC1(CN)CC1. The lowest BCUT2D eigenvalue weighted by Crippen LogP contribution is -2.31. The molecule has 1 aromatic heterocycles. The molecular weight excluding hydrogens is 224 g/mol. The summed E-state index contributed by atoms with van der Waals surface area (Å²) in [7, 11) is 2.17. The Labute approximate surface area is 107 Å². The fraction of sp³-hybridized carbons (Fsp3) is 0.500. The molecule has 1 aliphatic rings. The average molecular weight is 244 g/mol. The van der Waals surface area contributed by atoms with E-state index in [0.29, 0.717) is 5.41 Å². The first-order valence-electron chi connectivity index (χ1n) is 6.51. The Kier molecular flexibility index (Phi) is 2.84. The van der Waals surface area contributed by atoms with Gasteiger partial charge in [0.25, 0.3) is 0 Å². The molecule has 1 saturated carbocycles. The van der Waals surface area contributed by atoms with Crippen molar-refractivity contribution in [2.75, 3.05) is 20.1 Å². The van der Waals surface area contributed by atoms with E-state index in [-0.39, 0.29) is 0 Å². The van der Waals surface area contributed by atoms with Crippen LogP contribution in [0.3, 0.4) is 0 Å². The van der Waals surface area contributed by atoms with Crippen LogP contribution in [0, 0.1) is 5.41 Å². The van der Waals surface area contributed by atoms with E-state index in [1.165, 1.54) is 18.4 Å². The molecule has 1 aromatic carbocycles. The Bertz CT molecular complexity index is 541. The minimum atomic E-state index is 0.410. The third-order valence-corrected chi connectivity index (χ3v) is 3.93. The maximum atomic E-state index is 5.83. The van der Waals surface area contributed by atoms with E-state index in [0.717, 1.165) is 30.7 Å². The van der Waals surface area contributed by atoms with Crippen molar-refractivity contribution in [2.24, 2.45) is 11.1 Å². The van der Waals surface area contributed by atoms with Gasteiger partial charge in [-0.05, 0) is 49.5 Å². The van der Waals surface area contributed by atoms with Crippen molar-refractivity contribution in [3.63, 3.8) is 0 Å². The number of nitrogens with two attached hydrogens (primary N) is 1. The van der Waals surface area contributed by atoms with E-state index >= 15 is 0 Å². The Morgan fingerprint density at radius 1 is 1.44 bits per heavy atom. The Balaban J connectivity index is 1.67. The van der Waals surface area contributed by atoms with Crippen LogP contribution >= 0.6 is 0 Å². The van der Waals surface area contributed by atoms with Crippen LogP contribution in [0.2, 0.25) is 0 Å². The molecule has 0 unspecified atom stereocenters. The standard InChI is InChI=1S/C14H20N4/c1-18(9-14(8-15)4-5-14)7-11-2-3-12-13(6-11)17-10-16-12/h2-3,6,10H,4-5,7-9,15H2,1H3,(H,16,17). The topological polar surface area (TPSA) is 57.9 Å². The molecule has 2 aromatic rings. The molecule has 0 radical (unpaired) electrons. The zero-order valence-corrected chi connectivity index (χ0v) is 10.8. The zero-order chi connectivity index (χ0) is 12.6. The summed E-state index contributed by atoms with van der Waals surface area (Å²) in [5.41, 5.74) is 9.70. The van der Waals surface area contributed by atoms with Gasteiger partial charge in [0, 0.05) is 13.1 Å². The molecule has 0 saturated heterocycles. The molecule has 0 amide bonds. The predicted octanol–water partition coefficient (Wildman–Crippen LogP) is 1.73. The molecule has 0 spiro atoms. The van der Waals surface area contributed by atoms with Gasteiger partial charge < -0.3 is 15.6 Å². The first-order valence-corrected chi connectivity index (χ1v) is 6.51. The molecule has 0 bridgehead atoms. The van der Waals surface area contributed by atoms with Crippen molar-refractivity contribution in [2.45, 2.75) is 19.4 Å². The summed E-state index contributed by atoms with van der Waals surface area (Å²) in [5.74, 6) is 0. The summed E-state index contributed by atoms with van der Waals surface area (Å²) in [6, 6.07) is 6.41. The van der Waals surface area contributed by atoms with Gasteiger partial charge in [-0.1, -0.05) is 6.07 Å². The van der Waals surface area contributed by atoms with Gasteiger partial charge in [0.15, 0.2) is 0 Å². The van der Waals surface area contributed by atoms with Crippen LogP contribution in [0.4, 0.5) is 0 Å². The third kappa shape index (κ3) is 2.26. The second kappa shape index (κ2) is 4.37. The van der Waals surface area contributed by atoms with Crippen molar-refractivity contribution in [1.29, 1.82) is 0 Å². The van der Waals surface area contributed by atoms with Crippen LogP contribution in [-0.2, 0) is 6.54 Å². The quantitative estimate of drug-likeness (QED) is 0.842. The first kappa shape index (κ1) is 11.7. The van der Waals surface area contributed by atoms with E-state index in [9.17, 15) is 0 Å². The zero-order valence-electron chi connectivity index (χ0n) is 10.8. The summed E-state index contributed by atoms with van der Waals surface area (Å²) < 4.78 is 0. The maximum Gasteiger partial charge on any atom is 0.0931 e. The number of fused-ring (bicyclic) bond motifs is 1. The van der Waals surface area contributed by atoms with Gasteiger partial charge >= 0.3 is 0 Å². The van der Waals surface area contributed by atoms with Crippen molar-refractivity contribution in [1.82, 2.24) is 14.9 Å². The fourth-order valence-corrected chi connectivity index (χ4v) is 2.62. The van der Waals surface area contributed by atoms with Crippen LogP contribution in [-0.4, -0.2) is 35.0 Å². The van der Waals surface area contributed by atoms with E-state index in [1.54, 1.807) is 6.33 Å². The highest BCUT2D eigenvalue weighted by molar-refractivity contribution is 5.74. The monoisotopic (exact) mass is 244 g/mol. The highest BCUT2D eigenvalue weighted by Gasteiger charge is 2.41. The number of H-pyrrole nitrogens is 1. The lowest BCUT2D eigenvalue weighted by molar-refractivity contribution is 0.259. The van der Waals surface area contributed by atoms with Crippen molar-refractivity contribution >= 4 is 11.0 Å². The van der Waals surface area contributed by atoms with Gasteiger partial charge in [-0.2, -0.15) is 0 Å². The molecule has 3 N–H and O–H groups in total. The van der Waals surface area contributed by atoms with Crippen LogP contribution in [0.15, 0.2) is 24.5 Å². The molecule has 4 heteroatoms. The molecule has 18 heavy (non-hydrogen) atoms. The van der Waals surface area contributed by atoms with Crippen molar-refractivity contribution in [3.05, 3.63) is 30.1 Å². The van der Waals surface area contributed by atoms with Gasteiger partial charge in [0.1, 0.15) is 0 Å². The van der Waals surface area contributed by atoms with E-state index in [1.807, 2.05) is 0 Å². The predicted molar refractivity (Wildman–Crippen MR) is 73.1 cm³/mol. The van der Waals surface area contributed by atoms with Gasteiger partial charge in [-0.25, -0.2) is 4.98 Å². The van der Waals surface area contributed by atoms with Gasteiger partial charge in [-0.15, -0.1) is 0 Å². The number of hydrogen-bond donors (Lipinski definition) is 2. The average Bonchev–Trinajstić information content (AvgIpc) is 2.97. The molecule has 1 fully saturated rings. The minimum Gasteiger partial charge on any atom is -0.345 e. The van der Waals surface area contributed by atoms with Crippen molar-refractivity contribution < 1.29 is 0 Å². The summed E-state index contributed by atoms with van der Waals surface area (Å²) in [6.45, 7) is 2.89. The lowest BCUT2D eigenvalue weighted by atomic mass is 10.1. The molecule has 0 aliphatic heterocycles. The number of nitrogens with one attached hydrogen (secondary N) is 1. The number of rotatable bonds is 5. The largest absolute Gasteiger partial charge is 0.345 e. The molecule has 1 heterocycles. The number of aromatic amines is 1. The maximum absolute atomic E-state index is 5.83. The highest BCUT2D eigenvalue weighted by atomic mass is 15.1. The summed E-state index contributed by atoms with van der Waals surface area (Å²) in [5, 5.41) is 0. The second-order valence-corrected chi connectivity index (χ2v) is 5.63. The normalized spacial score (nSPS) is 17.5. The highest BCUT2D eigenvalue weighted by Crippen LogP contribution is 2.45. The van der Waals surface area contributed by atoms with Crippen molar-refractivity contribution in [3.8, 4) is 0 Å². The van der Waals surface area contributed by atoms with Gasteiger partial charge in [-0.3, -0.25) is 0 Å². The number of benzene rings is 1. The second-order valence-electron chi connectivity index (χ2n) is 5.63. The Morgan fingerprint density at radius 3 is 3.00 bits per heavy atom. The van der Waals surface area contributed by atoms with Crippen LogP contribution in [0.5, 0.6) is 0 Å². The molecule has 4 nitrogen and oxygen atoms in total. The molecule has 1 aliphatic carbocycles. The van der Waals surface area contributed by atoms with Crippen LogP contribution in [0.25, 0.3) is 11.0 Å². The number of aromatic nitrogens is 2. The molecule has 3 rings (SSSR count). The van der Waals surface area contributed by atoms with Gasteiger partial charge in [0.2, 0.25) is 0 Å². The minimum absolute atomic E-state index is 0.410. The Morgan fingerprint density at radius 2 is 2.28 bits per heavy atom. The van der Waals surface area contributed by atoms with E-state index < -0.39 is 0 Å². The molecule has 0 atom stereocenters. The summed E-state index contributed by atoms with van der Waals surface area (Å²) in [4.78, 5) is 9.76. The van der Waals surface area contributed by atoms with E-state index in [2.05, 4.69) is 40.1 Å². The third-order valence-electron chi connectivity index (χ3n) is 3.93. The lowest BCUT2D eigenvalue weighted by Gasteiger charge is -2.22. The Hall–Kier alpha value is -1.39. The number of nitrogens with zero attached hydrogens (tertiary/aromatic N) is 2. The molecular formula is C14H20N4. The smallest absolute Gasteiger partial charge is 0.0931 e. The van der Waals surface area contributed by atoms with Crippen LogP contribution in [0.1, 0.15) is 18.4 Å². The van der Waals surface area contributed by atoms with Crippen LogP contribution < -0.4 is 5.73 Å².